The zero-order valence-corrected chi connectivity index (χ0v) is 14.7. The van der Waals surface area contributed by atoms with Crippen molar-refractivity contribution < 1.29 is 4.79 Å². The van der Waals surface area contributed by atoms with Gasteiger partial charge in [-0.1, -0.05) is 60.7 Å². The number of fused-ring (bicyclic) bond motifs is 1. The molecule has 2 aromatic carbocycles. The van der Waals surface area contributed by atoms with E-state index in [4.69, 9.17) is 0 Å². The molecule has 4 rings (SSSR count). The number of carbonyl (C=O) groups is 1. The Balaban J connectivity index is 1.57. The molecule has 2 heterocycles. The first-order valence-electron chi connectivity index (χ1n) is 8.82. The van der Waals surface area contributed by atoms with Crippen LogP contribution in [0, 0.1) is 0 Å². The van der Waals surface area contributed by atoms with E-state index in [-0.39, 0.29) is 11.9 Å². The van der Waals surface area contributed by atoms with E-state index in [0.29, 0.717) is 0 Å². The van der Waals surface area contributed by atoms with Crippen LogP contribution in [-0.2, 0) is 4.79 Å². The van der Waals surface area contributed by atoms with Crippen LogP contribution >= 0.6 is 0 Å². The van der Waals surface area contributed by atoms with Gasteiger partial charge in [0.25, 0.3) is 0 Å². The summed E-state index contributed by atoms with van der Waals surface area (Å²) in [7, 11) is 0. The molecule has 0 spiro atoms. The number of H-pyrrole nitrogens is 1. The van der Waals surface area contributed by atoms with Crippen molar-refractivity contribution in [3.05, 3.63) is 108 Å². The summed E-state index contributed by atoms with van der Waals surface area (Å²) in [6.45, 7) is 0. The Kier molecular flexibility index (Phi) is 4.79. The lowest BCUT2D eigenvalue weighted by molar-refractivity contribution is -0.116. The minimum absolute atomic E-state index is 0.147. The van der Waals surface area contributed by atoms with E-state index in [1.807, 2.05) is 85.1 Å². The second-order valence-electron chi connectivity index (χ2n) is 6.24. The van der Waals surface area contributed by atoms with E-state index >= 15 is 0 Å². The van der Waals surface area contributed by atoms with E-state index in [1.54, 1.807) is 12.3 Å². The molecule has 1 amide bonds. The van der Waals surface area contributed by atoms with Crippen LogP contribution in [0.25, 0.3) is 17.1 Å². The molecule has 0 fully saturated rings. The van der Waals surface area contributed by atoms with Crippen molar-refractivity contribution >= 4 is 23.0 Å². The van der Waals surface area contributed by atoms with Crippen molar-refractivity contribution in [1.82, 2.24) is 15.3 Å². The number of pyridine rings is 1. The molecular weight excluding hydrogens is 334 g/mol. The van der Waals surface area contributed by atoms with Crippen LogP contribution in [0.5, 0.6) is 0 Å². The fraction of sp³-hybridized carbons (Fsp3) is 0.0435. The maximum atomic E-state index is 12.6. The van der Waals surface area contributed by atoms with Crippen molar-refractivity contribution in [2.45, 2.75) is 6.04 Å². The molecule has 0 aliphatic heterocycles. The second kappa shape index (κ2) is 7.70. The van der Waals surface area contributed by atoms with Crippen LogP contribution in [0.4, 0.5) is 0 Å². The third-order valence-electron chi connectivity index (χ3n) is 4.45. The van der Waals surface area contributed by atoms with Gasteiger partial charge in [0, 0.05) is 29.4 Å². The first kappa shape index (κ1) is 16.8. The highest BCUT2D eigenvalue weighted by Gasteiger charge is 2.15. The van der Waals surface area contributed by atoms with E-state index in [1.165, 1.54) is 0 Å². The Morgan fingerprint density at radius 2 is 1.59 bits per heavy atom. The molecule has 0 radical (unpaired) electrons. The topological polar surface area (TPSA) is 57.8 Å². The zero-order valence-electron chi connectivity index (χ0n) is 14.7. The van der Waals surface area contributed by atoms with Crippen LogP contribution in [0.2, 0.25) is 0 Å². The molecular formula is C23H19N3O. The summed E-state index contributed by atoms with van der Waals surface area (Å²) < 4.78 is 0. The van der Waals surface area contributed by atoms with Crippen molar-refractivity contribution in [3.63, 3.8) is 0 Å². The highest BCUT2D eigenvalue weighted by atomic mass is 16.1. The summed E-state index contributed by atoms with van der Waals surface area (Å²) in [5, 5.41) is 4.10. The predicted molar refractivity (Wildman–Crippen MR) is 108 cm³/mol. The van der Waals surface area contributed by atoms with E-state index in [9.17, 15) is 4.79 Å². The molecule has 0 bridgehead atoms. The molecule has 2 aromatic heterocycles. The lowest BCUT2D eigenvalue weighted by Crippen LogP contribution is -2.27. The highest BCUT2D eigenvalue weighted by Crippen LogP contribution is 2.22. The minimum Gasteiger partial charge on any atom is -0.346 e. The van der Waals surface area contributed by atoms with Crippen LogP contribution < -0.4 is 5.32 Å². The van der Waals surface area contributed by atoms with Crippen molar-refractivity contribution in [2.24, 2.45) is 0 Å². The number of benzene rings is 2. The van der Waals surface area contributed by atoms with Crippen molar-refractivity contribution in [2.75, 3.05) is 0 Å². The molecule has 0 unspecified atom stereocenters. The van der Waals surface area contributed by atoms with Crippen LogP contribution in [-0.4, -0.2) is 15.9 Å². The fourth-order valence-electron chi connectivity index (χ4n) is 3.12. The molecule has 0 saturated carbocycles. The number of hydrogen-bond donors (Lipinski definition) is 2. The third kappa shape index (κ3) is 3.80. The van der Waals surface area contributed by atoms with Gasteiger partial charge in [0.05, 0.1) is 6.04 Å². The number of carbonyl (C=O) groups excluding carboxylic acids is 1. The number of nitrogens with zero attached hydrogens (tertiary/aromatic N) is 1. The lowest BCUT2D eigenvalue weighted by atomic mass is 9.98. The molecule has 132 valence electrons. The Labute approximate surface area is 157 Å². The molecule has 0 atom stereocenters. The predicted octanol–water partition coefficient (Wildman–Crippen LogP) is 4.48. The van der Waals surface area contributed by atoms with Gasteiger partial charge in [-0.05, 0) is 29.3 Å². The van der Waals surface area contributed by atoms with Crippen molar-refractivity contribution in [3.8, 4) is 0 Å². The zero-order chi connectivity index (χ0) is 18.5. The number of aromatic amines is 1. The maximum Gasteiger partial charge on any atom is 0.244 e. The summed E-state index contributed by atoms with van der Waals surface area (Å²) in [6.07, 6.45) is 6.97. The number of aromatic nitrogens is 2. The fourth-order valence-corrected chi connectivity index (χ4v) is 3.12. The van der Waals surface area contributed by atoms with Gasteiger partial charge < -0.3 is 10.3 Å². The molecule has 2 N–H and O–H groups in total. The van der Waals surface area contributed by atoms with Gasteiger partial charge >= 0.3 is 0 Å². The summed E-state index contributed by atoms with van der Waals surface area (Å²) in [4.78, 5) is 20.0. The first-order chi connectivity index (χ1) is 13.3. The molecule has 4 heteroatoms. The van der Waals surface area contributed by atoms with Crippen LogP contribution in [0.3, 0.4) is 0 Å². The van der Waals surface area contributed by atoms with E-state index in [2.05, 4.69) is 15.3 Å². The normalized spacial score (nSPS) is 11.3. The van der Waals surface area contributed by atoms with E-state index in [0.717, 1.165) is 27.7 Å². The number of amides is 1. The Bertz CT molecular complexity index is 1030. The number of hydrogen-bond acceptors (Lipinski definition) is 2. The second-order valence-corrected chi connectivity index (χ2v) is 6.24. The molecule has 4 nitrogen and oxygen atoms in total. The monoisotopic (exact) mass is 353 g/mol. The van der Waals surface area contributed by atoms with Gasteiger partial charge in [0.1, 0.15) is 5.65 Å². The quantitative estimate of drug-likeness (QED) is 0.520. The van der Waals surface area contributed by atoms with E-state index < -0.39 is 0 Å². The summed E-state index contributed by atoms with van der Waals surface area (Å²) in [6, 6.07) is 23.6. The Hall–Kier alpha value is -3.66. The van der Waals surface area contributed by atoms with Gasteiger partial charge in [-0.3, -0.25) is 4.79 Å². The van der Waals surface area contributed by atoms with Gasteiger partial charge in [-0.2, -0.15) is 0 Å². The molecule has 27 heavy (non-hydrogen) atoms. The Morgan fingerprint density at radius 1 is 0.926 bits per heavy atom. The van der Waals surface area contributed by atoms with Gasteiger partial charge in [0.2, 0.25) is 5.91 Å². The summed E-state index contributed by atoms with van der Waals surface area (Å²) in [5.74, 6) is -0.147. The summed E-state index contributed by atoms with van der Waals surface area (Å²) >= 11 is 0. The lowest BCUT2D eigenvalue weighted by Gasteiger charge is -2.19. The SMILES string of the molecule is O=C(C=Cc1c[nH]c2ncccc12)NC(c1ccccc1)c1ccccc1. The van der Waals surface area contributed by atoms with Gasteiger partial charge in [-0.25, -0.2) is 4.98 Å². The van der Waals surface area contributed by atoms with Crippen LogP contribution in [0.1, 0.15) is 22.7 Å². The highest BCUT2D eigenvalue weighted by molar-refractivity contribution is 5.95. The first-order valence-corrected chi connectivity index (χ1v) is 8.82. The number of rotatable bonds is 5. The molecule has 0 aliphatic carbocycles. The molecule has 4 aromatic rings. The summed E-state index contributed by atoms with van der Waals surface area (Å²) in [5.41, 5.74) is 3.83. The standard InChI is InChI=1S/C23H19N3O/c27-21(14-13-19-16-25-23-20(19)12-7-15-24-23)26-22(17-8-3-1-4-9-17)18-10-5-2-6-11-18/h1-16,22H,(H,24,25)(H,26,27). The number of nitrogens with one attached hydrogen (secondary N) is 2. The third-order valence-corrected chi connectivity index (χ3v) is 4.45. The average Bonchev–Trinajstić information content (AvgIpc) is 3.15. The van der Waals surface area contributed by atoms with Crippen molar-refractivity contribution in [1.29, 1.82) is 0 Å². The largest absolute Gasteiger partial charge is 0.346 e. The smallest absolute Gasteiger partial charge is 0.244 e. The average molecular weight is 353 g/mol. The van der Waals surface area contributed by atoms with Crippen LogP contribution in [0.15, 0.2) is 91.3 Å². The minimum atomic E-state index is -0.200. The molecule has 0 saturated heterocycles. The molecule has 0 aliphatic rings. The van der Waals surface area contributed by atoms with Gasteiger partial charge in [-0.15, -0.1) is 0 Å². The Morgan fingerprint density at radius 3 is 2.26 bits per heavy atom. The van der Waals surface area contributed by atoms with Gasteiger partial charge in [0.15, 0.2) is 0 Å². The maximum absolute atomic E-state index is 12.6.